The van der Waals surface area contributed by atoms with Crippen molar-refractivity contribution in [3.05, 3.63) is 70.6 Å². The Morgan fingerprint density at radius 3 is 2.45 bits per heavy atom. The molecule has 1 aromatic heterocycles. The zero-order chi connectivity index (χ0) is 20.9. The molecule has 3 rings (SSSR count). The number of fused-ring (bicyclic) bond motifs is 1. The molecule has 3 N–H and O–H groups in total. The lowest BCUT2D eigenvalue weighted by Crippen LogP contribution is -2.38. The summed E-state index contributed by atoms with van der Waals surface area (Å²) in [5, 5.41) is 18.0. The monoisotopic (exact) mass is 431 g/mol. The highest BCUT2D eigenvalue weighted by molar-refractivity contribution is 7.89. The summed E-state index contributed by atoms with van der Waals surface area (Å²) in [6.07, 6.45) is 0.604. The first-order chi connectivity index (χ1) is 13.8. The standard InChI is InChI=1S/C21H25N3O3S2/c1-22-21(23-12-15-7-9-16(10-8-15)14-29(2,26)27)24-13-18(25)20-11-17-5-3-4-6-19(17)28-20/h3-11,18,25H,12-14H2,1-2H3,(H2,22,23,24). The molecular weight excluding hydrogens is 406 g/mol. The van der Waals surface area contributed by atoms with E-state index in [0.29, 0.717) is 19.0 Å². The number of hydrogen-bond acceptors (Lipinski definition) is 5. The number of benzene rings is 2. The number of nitrogens with zero attached hydrogens (tertiary/aromatic N) is 1. The average Bonchev–Trinajstić information content (AvgIpc) is 3.12. The summed E-state index contributed by atoms with van der Waals surface area (Å²) in [7, 11) is -1.36. The highest BCUT2D eigenvalue weighted by atomic mass is 32.2. The van der Waals surface area contributed by atoms with Gasteiger partial charge in [0.05, 0.1) is 5.75 Å². The third kappa shape index (κ3) is 6.28. The SMILES string of the molecule is CN=C(NCc1ccc(CS(C)(=O)=O)cc1)NCC(O)c1cc2ccccc2s1. The zero-order valence-electron chi connectivity index (χ0n) is 16.4. The van der Waals surface area contributed by atoms with Gasteiger partial charge >= 0.3 is 0 Å². The quantitative estimate of drug-likeness (QED) is 0.395. The number of aliphatic hydroxyl groups is 1. The minimum Gasteiger partial charge on any atom is -0.386 e. The van der Waals surface area contributed by atoms with Gasteiger partial charge in [-0.25, -0.2) is 8.42 Å². The highest BCUT2D eigenvalue weighted by Crippen LogP contribution is 2.29. The molecular formula is C21H25N3O3S2. The second-order valence-corrected chi connectivity index (χ2v) is 10.2. The molecule has 29 heavy (non-hydrogen) atoms. The van der Waals surface area contributed by atoms with E-state index < -0.39 is 15.9 Å². The molecule has 2 aromatic carbocycles. The molecule has 0 amide bonds. The molecule has 8 heteroatoms. The summed E-state index contributed by atoms with van der Waals surface area (Å²) < 4.78 is 23.9. The van der Waals surface area contributed by atoms with Crippen LogP contribution in [0.3, 0.4) is 0 Å². The lowest BCUT2D eigenvalue weighted by atomic mass is 10.1. The number of aliphatic imine (C=N–C) groups is 1. The van der Waals surface area contributed by atoms with E-state index in [1.807, 2.05) is 54.6 Å². The molecule has 0 aliphatic rings. The van der Waals surface area contributed by atoms with Gasteiger partial charge in [0.15, 0.2) is 15.8 Å². The molecule has 1 atom stereocenters. The normalized spacial score (nSPS) is 13.4. The van der Waals surface area contributed by atoms with E-state index in [1.54, 1.807) is 18.4 Å². The lowest BCUT2D eigenvalue weighted by molar-refractivity contribution is 0.184. The van der Waals surface area contributed by atoms with Gasteiger partial charge in [0, 0.05) is 36.0 Å². The Morgan fingerprint density at radius 1 is 1.10 bits per heavy atom. The number of hydrogen-bond donors (Lipinski definition) is 3. The molecule has 0 spiro atoms. The van der Waals surface area contributed by atoms with E-state index in [9.17, 15) is 13.5 Å². The highest BCUT2D eigenvalue weighted by Gasteiger charge is 2.12. The first kappa shape index (κ1) is 21.3. The van der Waals surface area contributed by atoms with Crippen molar-refractivity contribution >= 4 is 37.2 Å². The third-order valence-electron chi connectivity index (χ3n) is 4.37. The maximum absolute atomic E-state index is 11.4. The van der Waals surface area contributed by atoms with Gasteiger partial charge in [-0.05, 0) is 28.6 Å². The van der Waals surface area contributed by atoms with Crippen LogP contribution in [0.4, 0.5) is 0 Å². The van der Waals surface area contributed by atoms with Gasteiger partial charge in [-0.1, -0.05) is 42.5 Å². The van der Waals surface area contributed by atoms with Crippen molar-refractivity contribution in [3.8, 4) is 0 Å². The van der Waals surface area contributed by atoms with E-state index in [1.165, 1.54) is 6.26 Å². The number of sulfone groups is 1. The fourth-order valence-electron chi connectivity index (χ4n) is 2.92. The molecule has 0 fully saturated rings. The van der Waals surface area contributed by atoms with Crippen LogP contribution in [0.1, 0.15) is 22.1 Å². The summed E-state index contributed by atoms with van der Waals surface area (Å²) in [5.41, 5.74) is 1.78. The van der Waals surface area contributed by atoms with Gasteiger partial charge in [-0.3, -0.25) is 4.99 Å². The maximum Gasteiger partial charge on any atom is 0.191 e. The summed E-state index contributed by atoms with van der Waals surface area (Å²) in [5.74, 6) is 0.630. The van der Waals surface area contributed by atoms with E-state index in [2.05, 4.69) is 15.6 Å². The van der Waals surface area contributed by atoms with Crippen molar-refractivity contribution in [1.82, 2.24) is 10.6 Å². The van der Waals surface area contributed by atoms with Crippen molar-refractivity contribution in [2.24, 2.45) is 4.99 Å². The average molecular weight is 432 g/mol. The summed E-state index contributed by atoms with van der Waals surface area (Å²) in [6, 6.07) is 17.5. The Bertz CT molecular complexity index is 1060. The van der Waals surface area contributed by atoms with Gasteiger partial charge < -0.3 is 15.7 Å². The van der Waals surface area contributed by atoms with Gasteiger partial charge in [0.25, 0.3) is 0 Å². The van der Waals surface area contributed by atoms with Crippen LogP contribution >= 0.6 is 11.3 Å². The second kappa shape index (κ2) is 9.39. The van der Waals surface area contributed by atoms with Gasteiger partial charge in [0.1, 0.15) is 6.10 Å². The molecule has 0 aliphatic heterocycles. The molecule has 0 aliphatic carbocycles. The van der Waals surface area contributed by atoms with Crippen molar-refractivity contribution in [2.45, 2.75) is 18.4 Å². The van der Waals surface area contributed by atoms with Crippen LogP contribution in [0.5, 0.6) is 0 Å². The van der Waals surface area contributed by atoms with E-state index in [0.717, 1.165) is 26.1 Å². The molecule has 154 valence electrons. The number of rotatable bonds is 7. The molecule has 0 saturated carbocycles. The van der Waals surface area contributed by atoms with Crippen LogP contribution in [0.25, 0.3) is 10.1 Å². The molecule has 0 bridgehead atoms. The third-order valence-corrected chi connectivity index (χ3v) is 6.45. The summed E-state index contributed by atoms with van der Waals surface area (Å²) in [4.78, 5) is 5.10. The van der Waals surface area contributed by atoms with Crippen LogP contribution in [-0.2, 0) is 22.1 Å². The molecule has 1 unspecified atom stereocenters. The molecule has 6 nitrogen and oxygen atoms in total. The minimum absolute atomic E-state index is 0.0412. The Kier molecular flexibility index (Phi) is 6.89. The van der Waals surface area contributed by atoms with E-state index in [-0.39, 0.29) is 5.75 Å². The Hall–Kier alpha value is -2.42. The fraction of sp³-hybridized carbons (Fsp3) is 0.286. The Labute approximate surface area is 175 Å². The zero-order valence-corrected chi connectivity index (χ0v) is 18.1. The van der Waals surface area contributed by atoms with Crippen LogP contribution in [0.15, 0.2) is 59.6 Å². The Morgan fingerprint density at radius 2 is 1.79 bits per heavy atom. The second-order valence-electron chi connectivity index (χ2n) is 6.90. The number of thiophene rings is 1. The van der Waals surface area contributed by atoms with Gasteiger partial charge in [-0.2, -0.15) is 0 Å². The first-order valence-corrected chi connectivity index (χ1v) is 12.1. The van der Waals surface area contributed by atoms with Crippen LogP contribution < -0.4 is 10.6 Å². The van der Waals surface area contributed by atoms with Crippen LogP contribution in [-0.4, -0.2) is 39.3 Å². The molecule has 1 heterocycles. The first-order valence-electron chi connectivity index (χ1n) is 9.20. The maximum atomic E-state index is 11.4. The molecule has 3 aromatic rings. The van der Waals surface area contributed by atoms with Crippen molar-refractivity contribution < 1.29 is 13.5 Å². The summed E-state index contributed by atoms with van der Waals surface area (Å²) in [6.45, 7) is 0.887. The Balaban J connectivity index is 1.51. The predicted octanol–water partition coefficient (Wildman–Crippen LogP) is 2.84. The largest absolute Gasteiger partial charge is 0.386 e. The predicted molar refractivity (Wildman–Crippen MR) is 120 cm³/mol. The van der Waals surface area contributed by atoms with Crippen molar-refractivity contribution in [1.29, 1.82) is 0 Å². The van der Waals surface area contributed by atoms with Gasteiger partial charge in [-0.15, -0.1) is 11.3 Å². The smallest absolute Gasteiger partial charge is 0.191 e. The number of nitrogens with one attached hydrogen (secondary N) is 2. The summed E-state index contributed by atoms with van der Waals surface area (Å²) >= 11 is 1.59. The van der Waals surface area contributed by atoms with Crippen LogP contribution in [0.2, 0.25) is 0 Å². The van der Waals surface area contributed by atoms with Crippen molar-refractivity contribution in [2.75, 3.05) is 19.8 Å². The number of guanidine groups is 1. The lowest BCUT2D eigenvalue weighted by Gasteiger charge is -2.15. The van der Waals surface area contributed by atoms with Gasteiger partial charge in [0.2, 0.25) is 0 Å². The topological polar surface area (TPSA) is 90.8 Å². The molecule has 0 saturated heterocycles. The van der Waals surface area contributed by atoms with E-state index in [4.69, 9.17) is 0 Å². The van der Waals surface area contributed by atoms with Crippen LogP contribution in [0, 0.1) is 0 Å². The van der Waals surface area contributed by atoms with Crippen molar-refractivity contribution in [3.63, 3.8) is 0 Å². The van der Waals surface area contributed by atoms with E-state index >= 15 is 0 Å². The minimum atomic E-state index is -3.03. The number of aliphatic hydroxyl groups excluding tert-OH is 1. The fourth-order valence-corrected chi connectivity index (χ4v) is 4.77. The molecule has 0 radical (unpaired) electrons.